The number of nitrogens with zero attached hydrogens (tertiary/aromatic N) is 2. The normalized spacial score (nSPS) is 10.5. The van der Waals surface area contributed by atoms with Crippen molar-refractivity contribution < 1.29 is 4.74 Å². The Hall–Kier alpha value is -1.42. The van der Waals surface area contributed by atoms with Crippen LogP contribution in [0.25, 0.3) is 11.3 Å². The first kappa shape index (κ1) is 15.0. The van der Waals surface area contributed by atoms with Gasteiger partial charge in [-0.1, -0.05) is 54.2 Å². The lowest BCUT2D eigenvalue weighted by Gasteiger charge is -2.05. The number of hydrogen-bond donors (Lipinski definition) is 0. The Balaban J connectivity index is 1.88. The van der Waals surface area contributed by atoms with E-state index in [-0.39, 0.29) is 0 Å². The summed E-state index contributed by atoms with van der Waals surface area (Å²) >= 11 is 3.42. The van der Waals surface area contributed by atoms with Gasteiger partial charge in [0.1, 0.15) is 0 Å². The van der Waals surface area contributed by atoms with E-state index in [9.17, 15) is 0 Å². The molecule has 1 aromatic heterocycles. The molecule has 0 bridgehead atoms. The molecule has 0 N–H and O–H groups in total. The number of halogens is 1. The Kier molecular flexibility index (Phi) is 5.99. The van der Waals surface area contributed by atoms with E-state index in [1.165, 1.54) is 19.3 Å². The van der Waals surface area contributed by atoms with E-state index in [0.717, 1.165) is 22.2 Å². The number of ether oxygens (including phenoxy) is 1. The van der Waals surface area contributed by atoms with Gasteiger partial charge in [0.15, 0.2) is 0 Å². The molecule has 0 aliphatic carbocycles. The molecule has 0 atom stereocenters. The van der Waals surface area contributed by atoms with Crippen LogP contribution < -0.4 is 4.74 Å². The van der Waals surface area contributed by atoms with E-state index in [1.54, 1.807) is 12.4 Å². The zero-order valence-electron chi connectivity index (χ0n) is 11.7. The summed E-state index contributed by atoms with van der Waals surface area (Å²) in [5.41, 5.74) is 1.91. The highest BCUT2D eigenvalue weighted by Gasteiger charge is 2.01. The van der Waals surface area contributed by atoms with Crippen LogP contribution in [0.2, 0.25) is 0 Å². The second kappa shape index (κ2) is 8.00. The number of rotatable bonds is 7. The second-order valence-electron chi connectivity index (χ2n) is 4.66. The van der Waals surface area contributed by atoms with E-state index < -0.39 is 0 Å². The van der Waals surface area contributed by atoms with E-state index in [2.05, 4.69) is 32.8 Å². The van der Waals surface area contributed by atoms with Crippen molar-refractivity contribution in [1.82, 2.24) is 9.97 Å². The highest BCUT2D eigenvalue weighted by molar-refractivity contribution is 9.10. The van der Waals surface area contributed by atoms with E-state index in [0.29, 0.717) is 12.5 Å². The van der Waals surface area contributed by atoms with E-state index >= 15 is 0 Å². The van der Waals surface area contributed by atoms with Gasteiger partial charge in [0, 0.05) is 10.0 Å². The Morgan fingerprint density at radius 3 is 2.45 bits per heavy atom. The summed E-state index contributed by atoms with van der Waals surface area (Å²) in [6, 6.07) is 8.02. The third-order valence-electron chi connectivity index (χ3n) is 3.02. The van der Waals surface area contributed by atoms with Crippen molar-refractivity contribution in [3.05, 3.63) is 41.1 Å². The lowest BCUT2D eigenvalue weighted by molar-refractivity contribution is 0.292. The first-order valence-electron chi connectivity index (χ1n) is 7.00. The van der Waals surface area contributed by atoms with E-state index in [4.69, 9.17) is 4.74 Å². The molecule has 0 amide bonds. The minimum atomic E-state index is 0.599. The largest absolute Gasteiger partial charge is 0.477 e. The molecule has 106 valence electrons. The van der Waals surface area contributed by atoms with Crippen molar-refractivity contribution in [3.8, 4) is 17.1 Å². The van der Waals surface area contributed by atoms with Crippen LogP contribution in [0, 0.1) is 0 Å². The monoisotopic (exact) mass is 334 g/mol. The molecular formula is C16H19BrN2O. The third kappa shape index (κ3) is 4.60. The van der Waals surface area contributed by atoms with Crippen LogP contribution in [0.1, 0.15) is 32.6 Å². The summed E-state index contributed by atoms with van der Waals surface area (Å²) < 4.78 is 6.64. The minimum Gasteiger partial charge on any atom is -0.477 e. The minimum absolute atomic E-state index is 0.599. The summed E-state index contributed by atoms with van der Waals surface area (Å²) in [6.45, 7) is 2.92. The maximum absolute atomic E-state index is 5.58. The van der Waals surface area contributed by atoms with Gasteiger partial charge >= 0.3 is 0 Å². The fraction of sp³-hybridized carbons (Fsp3) is 0.375. The van der Waals surface area contributed by atoms with Gasteiger partial charge in [0.25, 0.3) is 0 Å². The van der Waals surface area contributed by atoms with Crippen LogP contribution >= 0.6 is 15.9 Å². The molecule has 1 aromatic carbocycles. The fourth-order valence-electron chi connectivity index (χ4n) is 1.87. The molecule has 0 unspecified atom stereocenters. The lowest BCUT2D eigenvalue weighted by atomic mass is 10.2. The zero-order valence-corrected chi connectivity index (χ0v) is 13.3. The number of hydrogen-bond acceptors (Lipinski definition) is 3. The molecular weight excluding hydrogens is 316 g/mol. The predicted molar refractivity (Wildman–Crippen MR) is 84.8 cm³/mol. The van der Waals surface area contributed by atoms with Crippen molar-refractivity contribution in [1.29, 1.82) is 0 Å². The van der Waals surface area contributed by atoms with Gasteiger partial charge in [0.2, 0.25) is 5.88 Å². The van der Waals surface area contributed by atoms with Crippen LogP contribution in [0.5, 0.6) is 5.88 Å². The molecule has 20 heavy (non-hydrogen) atoms. The van der Waals surface area contributed by atoms with Crippen molar-refractivity contribution in [3.63, 3.8) is 0 Å². The molecule has 3 nitrogen and oxygen atoms in total. The highest BCUT2D eigenvalue weighted by Crippen LogP contribution is 2.20. The third-order valence-corrected chi connectivity index (χ3v) is 3.54. The van der Waals surface area contributed by atoms with Gasteiger partial charge in [-0.05, 0) is 18.6 Å². The van der Waals surface area contributed by atoms with E-state index in [1.807, 2.05) is 24.3 Å². The zero-order chi connectivity index (χ0) is 14.2. The Morgan fingerprint density at radius 1 is 1.00 bits per heavy atom. The van der Waals surface area contributed by atoms with Crippen LogP contribution in [-0.4, -0.2) is 16.6 Å². The van der Waals surface area contributed by atoms with Crippen molar-refractivity contribution in [2.24, 2.45) is 0 Å². The SMILES string of the molecule is CCCCCCOc1cnc(-c2ccc(Br)cc2)cn1. The Morgan fingerprint density at radius 2 is 1.80 bits per heavy atom. The molecule has 0 spiro atoms. The van der Waals surface area contributed by atoms with Crippen LogP contribution in [0.4, 0.5) is 0 Å². The average molecular weight is 335 g/mol. The molecule has 2 aromatic rings. The van der Waals surface area contributed by atoms with Crippen molar-refractivity contribution in [2.45, 2.75) is 32.6 Å². The predicted octanol–water partition coefficient (Wildman–Crippen LogP) is 4.87. The molecule has 4 heteroatoms. The Labute approximate surface area is 128 Å². The standard InChI is InChI=1S/C16H19BrN2O/c1-2-3-4-5-10-20-16-12-18-15(11-19-16)13-6-8-14(17)9-7-13/h6-9,11-12H,2-5,10H2,1H3. The van der Waals surface area contributed by atoms with Crippen molar-refractivity contribution in [2.75, 3.05) is 6.61 Å². The summed E-state index contributed by atoms with van der Waals surface area (Å²) in [6.07, 6.45) is 8.23. The lowest BCUT2D eigenvalue weighted by Crippen LogP contribution is -1.99. The van der Waals surface area contributed by atoms with Gasteiger partial charge in [-0.2, -0.15) is 0 Å². The van der Waals surface area contributed by atoms with Gasteiger partial charge in [-0.25, -0.2) is 9.97 Å². The molecule has 0 fully saturated rings. The van der Waals surface area contributed by atoms with Crippen LogP contribution in [-0.2, 0) is 0 Å². The molecule has 0 aliphatic rings. The van der Waals surface area contributed by atoms with Gasteiger partial charge < -0.3 is 4.74 Å². The first-order chi connectivity index (χ1) is 9.79. The number of benzene rings is 1. The van der Waals surface area contributed by atoms with Gasteiger partial charge in [0.05, 0.1) is 24.7 Å². The maximum atomic E-state index is 5.58. The van der Waals surface area contributed by atoms with Crippen LogP contribution in [0.3, 0.4) is 0 Å². The summed E-state index contributed by atoms with van der Waals surface area (Å²) in [7, 11) is 0. The summed E-state index contributed by atoms with van der Waals surface area (Å²) in [5, 5.41) is 0. The maximum Gasteiger partial charge on any atom is 0.232 e. The fourth-order valence-corrected chi connectivity index (χ4v) is 2.13. The molecule has 0 radical (unpaired) electrons. The van der Waals surface area contributed by atoms with Gasteiger partial charge in [-0.15, -0.1) is 0 Å². The number of aromatic nitrogens is 2. The van der Waals surface area contributed by atoms with Crippen molar-refractivity contribution >= 4 is 15.9 Å². The average Bonchev–Trinajstić information content (AvgIpc) is 2.49. The first-order valence-corrected chi connectivity index (χ1v) is 7.79. The summed E-state index contributed by atoms with van der Waals surface area (Å²) in [5.74, 6) is 0.599. The second-order valence-corrected chi connectivity index (χ2v) is 5.57. The highest BCUT2D eigenvalue weighted by atomic mass is 79.9. The Bertz CT molecular complexity index is 511. The topological polar surface area (TPSA) is 35.0 Å². The number of unbranched alkanes of at least 4 members (excludes halogenated alkanes) is 3. The molecule has 0 saturated carbocycles. The molecule has 0 saturated heterocycles. The molecule has 1 heterocycles. The quantitative estimate of drug-likeness (QED) is 0.678. The van der Waals surface area contributed by atoms with Gasteiger partial charge in [-0.3, -0.25) is 0 Å². The molecule has 2 rings (SSSR count). The smallest absolute Gasteiger partial charge is 0.232 e. The molecule has 0 aliphatic heterocycles. The van der Waals surface area contributed by atoms with Crippen LogP contribution in [0.15, 0.2) is 41.1 Å². The summed E-state index contributed by atoms with van der Waals surface area (Å²) in [4.78, 5) is 8.69.